The van der Waals surface area contributed by atoms with Crippen LogP contribution in [0.25, 0.3) is 10.6 Å². The van der Waals surface area contributed by atoms with Crippen molar-refractivity contribution in [2.24, 2.45) is 0 Å². The third kappa shape index (κ3) is 2.15. The first kappa shape index (κ1) is 12.7. The Hall–Kier alpha value is -1.70. The summed E-state index contributed by atoms with van der Waals surface area (Å²) in [4.78, 5) is 3.68. The van der Waals surface area contributed by atoms with Crippen LogP contribution in [-0.4, -0.2) is 15.2 Å². The SMILES string of the molecule is Cc1c(N)nnc(-c2cnc(C(F)(F)F)s2)c1C. The van der Waals surface area contributed by atoms with Gasteiger partial charge in [-0.25, -0.2) is 4.98 Å². The number of nitrogens with zero attached hydrogens (tertiary/aromatic N) is 3. The van der Waals surface area contributed by atoms with Crippen molar-refractivity contribution in [3.8, 4) is 10.6 Å². The lowest BCUT2D eigenvalue weighted by Crippen LogP contribution is -2.03. The number of rotatable bonds is 1. The predicted octanol–water partition coefficient (Wildman–Crippen LogP) is 2.82. The minimum absolute atomic E-state index is 0.275. The van der Waals surface area contributed by atoms with Gasteiger partial charge in [0.2, 0.25) is 0 Å². The first-order chi connectivity index (χ1) is 8.30. The van der Waals surface area contributed by atoms with Gasteiger partial charge in [0.25, 0.3) is 0 Å². The standard InChI is InChI=1S/C10H9F3N4S/c1-4-5(2)8(14)17-16-7(4)6-3-15-9(18-6)10(11,12)13/h3H,1-2H3,(H2,14,17). The molecule has 0 aliphatic rings. The number of nitrogen functional groups attached to an aromatic ring is 1. The summed E-state index contributed by atoms with van der Waals surface area (Å²) in [5.74, 6) is 0.275. The minimum atomic E-state index is -4.44. The lowest BCUT2D eigenvalue weighted by atomic mass is 10.1. The zero-order valence-corrected chi connectivity index (χ0v) is 10.4. The van der Waals surface area contributed by atoms with E-state index in [2.05, 4.69) is 15.2 Å². The van der Waals surface area contributed by atoms with Crippen molar-refractivity contribution < 1.29 is 13.2 Å². The Morgan fingerprint density at radius 2 is 1.83 bits per heavy atom. The van der Waals surface area contributed by atoms with E-state index in [1.807, 2.05) is 0 Å². The van der Waals surface area contributed by atoms with Crippen molar-refractivity contribution in [3.05, 3.63) is 22.3 Å². The van der Waals surface area contributed by atoms with Gasteiger partial charge in [0.05, 0.1) is 4.88 Å². The Morgan fingerprint density at radius 3 is 2.39 bits per heavy atom. The summed E-state index contributed by atoms with van der Waals surface area (Å²) >= 11 is 0.542. The highest BCUT2D eigenvalue weighted by atomic mass is 32.1. The van der Waals surface area contributed by atoms with Crippen molar-refractivity contribution in [3.63, 3.8) is 0 Å². The number of anilines is 1. The maximum Gasteiger partial charge on any atom is 0.443 e. The summed E-state index contributed by atoms with van der Waals surface area (Å²) in [6.45, 7) is 3.48. The maximum absolute atomic E-state index is 12.5. The van der Waals surface area contributed by atoms with Crippen LogP contribution in [0, 0.1) is 13.8 Å². The highest BCUT2D eigenvalue weighted by Crippen LogP contribution is 2.37. The Bertz CT molecular complexity index is 591. The lowest BCUT2D eigenvalue weighted by Gasteiger charge is -2.06. The molecule has 0 amide bonds. The van der Waals surface area contributed by atoms with Gasteiger partial charge in [0, 0.05) is 6.20 Å². The van der Waals surface area contributed by atoms with E-state index >= 15 is 0 Å². The van der Waals surface area contributed by atoms with Crippen LogP contribution in [0.2, 0.25) is 0 Å². The summed E-state index contributed by atoms with van der Waals surface area (Å²) in [7, 11) is 0. The van der Waals surface area contributed by atoms with Gasteiger partial charge >= 0.3 is 6.18 Å². The van der Waals surface area contributed by atoms with Gasteiger partial charge in [-0.05, 0) is 25.0 Å². The molecule has 0 radical (unpaired) electrons. The highest BCUT2D eigenvalue weighted by molar-refractivity contribution is 7.15. The van der Waals surface area contributed by atoms with E-state index < -0.39 is 11.2 Å². The zero-order valence-electron chi connectivity index (χ0n) is 9.54. The predicted molar refractivity (Wildman–Crippen MR) is 62.0 cm³/mol. The Morgan fingerprint density at radius 1 is 1.17 bits per heavy atom. The molecule has 4 nitrogen and oxygen atoms in total. The van der Waals surface area contributed by atoms with Gasteiger partial charge in [0.1, 0.15) is 11.5 Å². The highest BCUT2D eigenvalue weighted by Gasteiger charge is 2.35. The fourth-order valence-corrected chi connectivity index (χ4v) is 2.20. The molecule has 18 heavy (non-hydrogen) atoms. The van der Waals surface area contributed by atoms with Gasteiger partial charge in [-0.1, -0.05) is 0 Å². The fourth-order valence-electron chi connectivity index (χ4n) is 1.37. The van der Waals surface area contributed by atoms with E-state index in [0.717, 1.165) is 6.20 Å². The fraction of sp³-hybridized carbons (Fsp3) is 0.300. The first-order valence-electron chi connectivity index (χ1n) is 4.93. The zero-order chi connectivity index (χ0) is 13.5. The summed E-state index contributed by atoms with van der Waals surface area (Å²) in [5, 5.41) is 6.65. The van der Waals surface area contributed by atoms with Gasteiger partial charge in [0.15, 0.2) is 5.01 Å². The number of aromatic nitrogens is 3. The maximum atomic E-state index is 12.5. The van der Waals surface area contributed by atoms with Gasteiger partial charge in [-0.2, -0.15) is 13.2 Å². The number of hydrogen-bond donors (Lipinski definition) is 1. The van der Waals surface area contributed by atoms with E-state index in [4.69, 9.17) is 5.73 Å². The van der Waals surface area contributed by atoms with Gasteiger partial charge < -0.3 is 5.73 Å². The molecule has 0 spiro atoms. The van der Waals surface area contributed by atoms with E-state index in [-0.39, 0.29) is 5.82 Å². The van der Waals surface area contributed by atoms with Gasteiger partial charge in [-0.3, -0.25) is 0 Å². The third-order valence-electron chi connectivity index (χ3n) is 2.54. The van der Waals surface area contributed by atoms with Gasteiger partial charge in [-0.15, -0.1) is 21.5 Å². The second-order valence-corrected chi connectivity index (χ2v) is 4.74. The van der Waals surface area contributed by atoms with E-state index in [0.29, 0.717) is 33.0 Å². The third-order valence-corrected chi connectivity index (χ3v) is 3.59. The van der Waals surface area contributed by atoms with Crippen molar-refractivity contribution in [2.75, 3.05) is 5.73 Å². The molecular formula is C10H9F3N4S. The molecule has 0 atom stereocenters. The normalized spacial score (nSPS) is 11.8. The first-order valence-corrected chi connectivity index (χ1v) is 5.75. The molecule has 0 bridgehead atoms. The topological polar surface area (TPSA) is 64.7 Å². The molecule has 2 aromatic rings. The molecule has 0 aromatic carbocycles. The molecule has 0 fully saturated rings. The van der Waals surface area contributed by atoms with Crippen molar-refractivity contribution in [1.29, 1.82) is 0 Å². The van der Waals surface area contributed by atoms with Crippen LogP contribution in [-0.2, 0) is 6.18 Å². The Kier molecular flexibility index (Phi) is 2.97. The van der Waals surface area contributed by atoms with Crippen LogP contribution >= 0.6 is 11.3 Å². The second kappa shape index (κ2) is 4.20. The molecule has 2 heterocycles. The van der Waals surface area contributed by atoms with Crippen molar-refractivity contribution >= 4 is 17.2 Å². The molecule has 0 aliphatic carbocycles. The second-order valence-electron chi connectivity index (χ2n) is 3.71. The summed E-state index contributed by atoms with van der Waals surface area (Å²) < 4.78 is 37.4. The number of nitrogens with two attached hydrogens (primary N) is 1. The summed E-state index contributed by atoms with van der Waals surface area (Å²) in [5.41, 5.74) is 7.38. The number of alkyl halides is 3. The van der Waals surface area contributed by atoms with Crippen LogP contribution in [0.4, 0.5) is 19.0 Å². The molecule has 2 rings (SSSR count). The lowest BCUT2D eigenvalue weighted by molar-refractivity contribution is -0.137. The van der Waals surface area contributed by atoms with Crippen LogP contribution in [0.5, 0.6) is 0 Å². The number of halogens is 3. The average molecular weight is 274 g/mol. The number of thiazole rings is 1. The monoisotopic (exact) mass is 274 g/mol. The van der Waals surface area contributed by atoms with Crippen LogP contribution in [0.15, 0.2) is 6.20 Å². The summed E-state index contributed by atoms with van der Waals surface area (Å²) in [6, 6.07) is 0. The molecule has 0 saturated heterocycles. The van der Waals surface area contributed by atoms with Crippen molar-refractivity contribution in [2.45, 2.75) is 20.0 Å². The molecule has 0 unspecified atom stereocenters. The molecule has 8 heteroatoms. The molecule has 96 valence electrons. The average Bonchev–Trinajstić information content (AvgIpc) is 2.75. The van der Waals surface area contributed by atoms with E-state index in [9.17, 15) is 13.2 Å². The summed E-state index contributed by atoms with van der Waals surface area (Å²) in [6.07, 6.45) is -3.28. The quantitative estimate of drug-likeness (QED) is 0.868. The molecular weight excluding hydrogens is 265 g/mol. The smallest absolute Gasteiger partial charge is 0.382 e. The number of hydrogen-bond acceptors (Lipinski definition) is 5. The van der Waals surface area contributed by atoms with Crippen LogP contribution < -0.4 is 5.73 Å². The van der Waals surface area contributed by atoms with Crippen LogP contribution in [0.1, 0.15) is 16.1 Å². The van der Waals surface area contributed by atoms with Crippen LogP contribution in [0.3, 0.4) is 0 Å². The van der Waals surface area contributed by atoms with Crippen molar-refractivity contribution in [1.82, 2.24) is 15.2 Å². The molecule has 0 aliphatic heterocycles. The minimum Gasteiger partial charge on any atom is -0.382 e. The molecule has 0 saturated carbocycles. The van der Waals surface area contributed by atoms with E-state index in [1.54, 1.807) is 13.8 Å². The molecule has 2 N–H and O–H groups in total. The molecule has 2 aromatic heterocycles. The van der Waals surface area contributed by atoms with E-state index in [1.165, 1.54) is 0 Å². The largest absolute Gasteiger partial charge is 0.443 e. The Balaban J connectivity index is 2.50. The Labute approximate surface area is 105 Å².